The van der Waals surface area contributed by atoms with Crippen LogP contribution < -0.4 is 4.72 Å². The Labute approximate surface area is 126 Å². The van der Waals surface area contributed by atoms with E-state index >= 15 is 0 Å². The lowest BCUT2D eigenvalue weighted by atomic mass is 10.1. The lowest BCUT2D eigenvalue weighted by molar-refractivity contribution is 0.400. The van der Waals surface area contributed by atoms with Crippen molar-refractivity contribution in [1.29, 1.82) is 5.26 Å². The Morgan fingerprint density at radius 2 is 2.27 bits per heavy atom. The summed E-state index contributed by atoms with van der Waals surface area (Å²) in [5, 5.41) is 13.0. The SMILES string of the molecule is N#Cc1c(F)cccc1S(=O)(=O)NC1CCCn2ncnc21. The van der Waals surface area contributed by atoms with Crippen LogP contribution in [0.5, 0.6) is 0 Å². The highest BCUT2D eigenvalue weighted by Crippen LogP contribution is 2.26. The van der Waals surface area contributed by atoms with Crippen molar-refractivity contribution in [1.82, 2.24) is 19.5 Å². The van der Waals surface area contributed by atoms with Crippen molar-refractivity contribution in [3.05, 3.63) is 41.7 Å². The van der Waals surface area contributed by atoms with Crippen LogP contribution in [0.3, 0.4) is 0 Å². The van der Waals surface area contributed by atoms with Gasteiger partial charge in [-0.2, -0.15) is 10.4 Å². The number of fused-ring (bicyclic) bond motifs is 1. The van der Waals surface area contributed by atoms with Gasteiger partial charge in [-0.25, -0.2) is 27.2 Å². The van der Waals surface area contributed by atoms with Gasteiger partial charge in [0.15, 0.2) is 0 Å². The van der Waals surface area contributed by atoms with Crippen molar-refractivity contribution in [2.45, 2.75) is 30.3 Å². The Bertz CT molecular complexity index is 856. The number of sulfonamides is 1. The summed E-state index contributed by atoms with van der Waals surface area (Å²) in [5.74, 6) is -0.345. The molecule has 1 atom stereocenters. The second-order valence-corrected chi connectivity index (χ2v) is 6.56. The number of nitrogens with one attached hydrogen (secondary N) is 1. The fraction of sp³-hybridized carbons (Fsp3) is 0.308. The molecule has 9 heteroatoms. The van der Waals surface area contributed by atoms with Crippen LogP contribution in [0.25, 0.3) is 0 Å². The van der Waals surface area contributed by atoms with Gasteiger partial charge in [-0.3, -0.25) is 0 Å². The highest BCUT2D eigenvalue weighted by atomic mass is 32.2. The van der Waals surface area contributed by atoms with Gasteiger partial charge in [0.2, 0.25) is 10.0 Å². The quantitative estimate of drug-likeness (QED) is 0.912. The standard InChI is InChI=1S/C13H12FN5O2S/c14-10-3-1-5-12(9(10)7-15)22(20,21)18-11-4-2-6-19-13(11)16-8-17-19/h1,3,5,8,11,18H,2,4,6H2. The Balaban J connectivity index is 1.97. The van der Waals surface area contributed by atoms with Crippen LogP contribution in [-0.4, -0.2) is 23.2 Å². The van der Waals surface area contributed by atoms with Crippen LogP contribution in [0.4, 0.5) is 4.39 Å². The van der Waals surface area contributed by atoms with Gasteiger partial charge in [0, 0.05) is 6.54 Å². The smallest absolute Gasteiger partial charge is 0.242 e. The fourth-order valence-electron chi connectivity index (χ4n) is 2.49. The van der Waals surface area contributed by atoms with Gasteiger partial charge in [0.25, 0.3) is 0 Å². The largest absolute Gasteiger partial charge is 0.248 e. The maximum absolute atomic E-state index is 13.6. The molecule has 1 aliphatic rings. The van der Waals surface area contributed by atoms with E-state index in [-0.39, 0.29) is 4.90 Å². The van der Waals surface area contributed by atoms with Gasteiger partial charge in [0.1, 0.15) is 34.5 Å². The topological polar surface area (TPSA) is 101 Å². The van der Waals surface area contributed by atoms with Gasteiger partial charge in [-0.15, -0.1) is 0 Å². The van der Waals surface area contributed by atoms with E-state index in [0.717, 1.165) is 12.5 Å². The lowest BCUT2D eigenvalue weighted by Crippen LogP contribution is -2.33. The van der Waals surface area contributed by atoms with E-state index in [9.17, 15) is 12.8 Å². The number of hydrogen-bond acceptors (Lipinski definition) is 5. The van der Waals surface area contributed by atoms with Crippen molar-refractivity contribution < 1.29 is 12.8 Å². The second kappa shape index (κ2) is 5.47. The van der Waals surface area contributed by atoms with Crippen molar-refractivity contribution in [3.63, 3.8) is 0 Å². The monoisotopic (exact) mass is 321 g/mol. The highest BCUT2D eigenvalue weighted by molar-refractivity contribution is 7.89. The molecular weight excluding hydrogens is 309 g/mol. The zero-order valence-electron chi connectivity index (χ0n) is 11.4. The third-order valence-corrected chi connectivity index (χ3v) is 5.01. The molecule has 1 N–H and O–H groups in total. The summed E-state index contributed by atoms with van der Waals surface area (Å²) in [7, 11) is -4.04. The first-order chi connectivity index (χ1) is 10.5. The van der Waals surface area contributed by atoms with Crippen LogP contribution >= 0.6 is 0 Å². The van der Waals surface area contributed by atoms with Crippen LogP contribution in [0.15, 0.2) is 29.4 Å². The number of halogens is 1. The summed E-state index contributed by atoms with van der Waals surface area (Å²) in [6, 6.07) is 4.56. The molecule has 0 saturated heterocycles. The highest BCUT2D eigenvalue weighted by Gasteiger charge is 2.29. The van der Waals surface area contributed by atoms with Gasteiger partial charge in [0.05, 0.1) is 6.04 Å². The number of aryl methyl sites for hydroxylation is 1. The first kappa shape index (κ1) is 14.6. The molecule has 0 amide bonds. The number of rotatable bonds is 3. The summed E-state index contributed by atoms with van der Waals surface area (Å²) in [5.41, 5.74) is -0.493. The van der Waals surface area contributed by atoms with E-state index in [1.165, 1.54) is 18.5 Å². The third kappa shape index (κ3) is 2.47. The van der Waals surface area contributed by atoms with E-state index in [4.69, 9.17) is 5.26 Å². The molecule has 0 bridgehead atoms. The zero-order valence-corrected chi connectivity index (χ0v) is 12.2. The molecule has 1 aliphatic heterocycles. The number of nitrogens with zero attached hydrogens (tertiary/aromatic N) is 4. The number of hydrogen-bond donors (Lipinski definition) is 1. The summed E-state index contributed by atoms with van der Waals surface area (Å²) >= 11 is 0. The number of aromatic nitrogens is 3. The molecule has 0 fully saturated rings. The first-order valence-electron chi connectivity index (χ1n) is 6.61. The molecule has 22 heavy (non-hydrogen) atoms. The number of benzene rings is 1. The summed E-state index contributed by atoms with van der Waals surface area (Å²) < 4.78 is 42.7. The molecule has 7 nitrogen and oxygen atoms in total. The minimum Gasteiger partial charge on any atom is -0.248 e. The predicted molar refractivity (Wildman–Crippen MR) is 73.4 cm³/mol. The Kier molecular flexibility index (Phi) is 3.64. The normalized spacial score (nSPS) is 17.7. The molecule has 0 aliphatic carbocycles. The molecule has 2 heterocycles. The Morgan fingerprint density at radius 3 is 3.05 bits per heavy atom. The molecule has 3 rings (SSSR count). The third-order valence-electron chi connectivity index (χ3n) is 3.49. The lowest BCUT2D eigenvalue weighted by Gasteiger charge is -2.23. The molecule has 1 aromatic carbocycles. The van der Waals surface area contributed by atoms with Crippen molar-refractivity contribution in [3.8, 4) is 6.07 Å². The minimum atomic E-state index is -4.04. The van der Waals surface area contributed by atoms with Crippen LogP contribution in [0, 0.1) is 17.1 Å². The molecule has 1 unspecified atom stereocenters. The van der Waals surface area contributed by atoms with Gasteiger partial charge >= 0.3 is 0 Å². The second-order valence-electron chi connectivity index (χ2n) is 4.88. The van der Waals surface area contributed by atoms with E-state index < -0.39 is 27.4 Å². The maximum Gasteiger partial charge on any atom is 0.242 e. The number of nitriles is 1. The van der Waals surface area contributed by atoms with Crippen LogP contribution in [-0.2, 0) is 16.6 Å². The Morgan fingerprint density at radius 1 is 1.45 bits per heavy atom. The van der Waals surface area contributed by atoms with Gasteiger partial charge in [-0.05, 0) is 25.0 Å². The van der Waals surface area contributed by atoms with Crippen molar-refractivity contribution in [2.24, 2.45) is 0 Å². The van der Waals surface area contributed by atoms with E-state index in [2.05, 4.69) is 14.8 Å². The maximum atomic E-state index is 13.6. The van der Waals surface area contributed by atoms with Gasteiger partial charge in [-0.1, -0.05) is 6.07 Å². The fourth-order valence-corrected chi connectivity index (χ4v) is 3.88. The Hall–Kier alpha value is -2.31. The summed E-state index contributed by atoms with van der Waals surface area (Å²) in [6.45, 7) is 0.678. The first-order valence-corrected chi connectivity index (χ1v) is 8.10. The summed E-state index contributed by atoms with van der Waals surface area (Å²) in [4.78, 5) is 3.69. The van der Waals surface area contributed by atoms with E-state index in [1.54, 1.807) is 10.8 Å². The van der Waals surface area contributed by atoms with Crippen LogP contribution in [0.2, 0.25) is 0 Å². The predicted octanol–water partition coefficient (Wildman–Crippen LogP) is 1.10. The zero-order chi connectivity index (χ0) is 15.7. The van der Waals surface area contributed by atoms with E-state index in [0.29, 0.717) is 18.8 Å². The van der Waals surface area contributed by atoms with Crippen molar-refractivity contribution >= 4 is 10.0 Å². The van der Waals surface area contributed by atoms with Gasteiger partial charge < -0.3 is 0 Å². The van der Waals surface area contributed by atoms with Crippen molar-refractivity contribution in [2.75, 3.05) is 0 Å². The minimum absolute atomic E-state index is 0.369. The molecule has 0 saturated carbocycles. The average Bonchev–Trinajstić information content (AvgIpc) is 2.96. The molecule has 114 valence electrons. The average molecular weight is 321 g/mol. The van der Waals surface area contributed by atoms with Crippen LogP contribution in [0.1, 0.15) is 30.3 Å². The summed E-state index contributed by atoms with van der Waals surface area (Å²) in [6.07, 6.45) is 2.68. The van der Waals surface area contributed by atoms with E-state index in [1.807, 2.05) is 0 Å². The molecule has 0 spiro atoms. The molecule has 2 aromatic rings. The molecular formula is C13H12FN5O2S. The molecule has 0 radical (unpaired) electrons. The molecule has 1 aromatic heterocycles.